The van der Waals surface area contributed by atoms with E-state index in [2.05, 4.69) is 5.32 Å². The van der Waals surface area contributed by atoms with Gasteiger partial charge in [0.05, 0.1) is 4.88 Å². The van der Waals surface area contributed by atoms with Crippen LogP contribution in [0.1, 0.15) is 27.0 Å². The van der Waals surface area contributed by atoms with Crippen molar-refractivity contribution in [2.45, 2.75) is 6.92 Å². The summed E-state index contributed by atoms with van der Waals surface area (Å²) in [5, 5.41) is 4.66. The van der Waals surface area contributed by atoms with Gasteiger partial charge in [-0.15, -0.1) is 11.3 Å². The van der Waals surface area contributed by atoms with Gasteiger partial charge in [-0.25, -0.2) is 0 Å². The van der Waals surface area contributed by atoms with E-state index in [1.807, 2.05) is 11.4 Å². The van der Waals surface area contributed by atoms with Crippen LogP contribution in [0.25, 0.3) is 0 Å². The summed E-state index contributed by atoms with van der Waals surface area (Å²) in [6.07, 6.45) is 0. The lowest BCUT2D eigenvalue weighted by Gasteiger charge is -2.34. The van der Waals surface area contributed by atoms with Crippen LogP contribution in [0.3, 0.4) is 0 Å². The van der Waals surface area contributed by atoms with Crippen LogP contribution >= 0.6 is 11.3 Å². The van der Waals surface area contributed by atoms with Crippen LogP contribution in [0.2, 0.25) is 0 Å². The number of anilines is 1. The fourth-order valence-electron chi connectivity index (χ4n) is 2.70. The minimum absolute atomic E-state index is 0.0398. The molecule has 0 spiro atoms. The van der Waals surface area contributed by atoms with Gasteiger partial charge < -0.3 is 15.1 Å². The maximum atomic E-state index is 12.5. The number of piperazine rings is 1. The largest absolute Gasteiger partial charge is 0.339 e. The molecule has 0 aliphatic carbocycles. The fourth-order valence-corrected chi connectivity index (χ4v) is 3.32. The lowest BCUT2D eigenvalue weighted by atomic mass is 10.1. The van der Waals surface area contributed by atoms with Gasteiger partial charge in [-0.3, -0.25) is 14.4 Å². The molecule has 3 amide bonds. The molecule has 1 aromatic carbocycles. The number of hydrogen-bond donors (Lipinski definition) is 1. The van der Waals surface area contributed by atoms with E-state index in [-0.39, 0.29) is 17.7 Å². The van der Waals surface area contributed by atoms with Gasteiger partial charge in [0.2, 0.25) is 5.91 Å². The molecule has 25 heavy (non-hydrogen) atoms. The molecule has 1 saturated heterocycles. The monoisotopic (exact) mass is 357 g/mol. The van der Waals surface area contributed by atoms with Crippen molar-refractivity contribution in [3.63, 3.8) is 0 Å². The summed E-state index contributed by atoms with van der Waals surface area (Å²) in [5.41, 5.74) is 1.22. The summed E-state index contributed by atoms with van der Waals surface area (Å²) in [6.45, 7) is 3.75. The fraction of sp³-hybridized carbons (Fsp3) is 0.278. The van der Waals surface area contributed by atoms with E-state index in [0.717, 1.165) is 0 Å². The quantitative estimate of drug-likeness (QED) is 0.916. The topological polar surface area (TPSA) is 69.7 Å². The smallest absolute Gasteiger partial charge is 0.265 e. The highest BCUT2D eigenvalue weighted by Crippen LogP contribution is 2.16. The molecule has 1 fully saturated rings. The summed E-state index contributed by atoms with van der Waals surface area (Å²) < 4.78 is 0. The molecule has 3 rings (SSSR count). The standard InChI is InChI=1S/C18H19N3O3S/c1-13(22)20-8-10-21(11-9-20)18(24)14-4-6-15(7-5-14)19-17(23)16-3-2-12-25-16/h2-7,12H,8-11H2,1H3,(H,19,23). The molecule has 0 bridgehead atoms. The number of hydrogen-bond acceptors (Lipinski definition) is 4. The lowest BCUT2D eigenvalue weighted by Crippen LogP contribution is -2.50. The first-order valence-electron chi connectivity index (χ1n) is 8.04. The molecule has 2 heterocycles. The molecule has 1 aliphatic rings. The summed E-state index contributed by atoms with van der Waals surface area (Å²) >= 11 is 1.38. The van der Waals surface area contributed by atoms with Crippen LogP contribution in [0.4, 0.5) is 5.69 Å². The normalized spacial score (nSPS) is 14.3. The molecule has 2 aromatic rings. The Bertz CT molecular complexity index is 763. The number of amides is 3. The number of nitrogens with one attached hydrogen (secondary N) is 1. The van der Waals surface area contributed by atoms with E-state index < -0.39 is 0 Å². The van der Waals surface area contributed by atoms with Crippen LogP contribution in [0, 0.1) is 0 Å². The van der Waals surface area contributed by atoms with E-state index in [9.17, 15) is 14.4 Å². The number of carbonyl (C=O) groups is 3. The van der Waals surface area contributed by atoms with E-state index in [0.29, 0.717) is 42.3 Å². The second kappa shape index (κ2) is 7.48. The SMILES string of the molecule is CC(=O)N1CCN(C(=O)c2ccc(NC(=O)c3cccs3)cc2)CC1. The van der Waals surface area contributed by atoms with Crippen molar-refractivity contribution in [3.05, 3.63) is 52.2 Å². The Morgan fingerprint density at radius 2 is 1.60 bits per heavy atom. The molecule has 0 radical (unpaired) electrons. The van der Waals surface area contributed by atoms with E-state index in [4.69, 9.17) is 0 Å². The van der Waals surface area contributed by atoms with E-state index in [1.54, 1.807) is 47.1 Å². The molecule has 0 saturated carbocycles. The zero-order chi connectivity index (χ0) is 17.8. The average Bonchev–Trinajstić information content (AvgIpc) is 3.17. The van der Waals surface area contributed by atoms with Gasteiger partial charge in [-0.2, -0.15) is 0 Å². The van der Waals surface area contributed by atoms with Crippen LogP contribution < -0.4 is 5.32 Å². The van der Waals surface area contributed by atoms with Gasteiger partial charge in [0, 0.05) is 44.4 Å². The maximum Gasteiger partial charge on any atom is 0.265 e. The lowest BCUT2D eigenvalue weighted by molar-refractivity contribution is -0.130. The van der Waals surface area contributed by atoms with Crippen LogP contribution in [-0.2, 0) is 4.79 Å². The third kappa shape index (κ3) is 4.06. The number of benzene rings is 1. The summed E-state index contributed by atoms with van der Waals surface area (Å²) in [7, 11) is 0. The average molecular weight is 357 g/mol. The van der Waals surface area contributed by atoms with Crippen LogP contribution in [-0.4, -0.2) is 53.7 Å². The van der Waals surface area contributed by atoms with Gasteiger partial charge in [0.25, 0.3) is 11.8 Å². The zero-order valence-electron chi connectivity index (χ0n) is 13.9. The molecule has 0 atom stereocenters. The van der Waals surface area contributed by atoms with Gasteiger partial charge in [0.1, 0.15) is 0 Å². The third-order valence-electron chi connectivity index (χ3n) is 4.15. The Kier molecular flexibility index (Phi) is 5.14. The Labute approximate surface area is 150 Å². The minimum Gasteiger partial charge on any atom is -0.339 e. The Morgan fingerprint density at radius 3 is 2.16 bits per heavy atom. The molecular formula is C18H19N3O3S. The number of thiophene rings is 1. The molecule has 1 aromatic heterocycles. The molecule has 1 aliphatic heterocycles. The molecular weight excluding hydrogens is 338 g/mol. The minimum atomic E-state index is -0.158. The van der Waals surface area contributed by atoms with Crippen molar-refractivity contribution >= 4 is 34.7 Å². The first-order valence-corrected chi connectivity index (χ1v) is 8.92. The number of rotatable bonds is 3. The van der Waals surface area contributed by atoms with Gasteiger partial charge >= 0.3 is 0 Å². The van der Waals surface area contributed by atoms with Gasteiger partial charge in [0.15, 0.2) is 0 Å². The first kappa shape index (κ1) is 17.2. The summed E-state index contributed by atoms with van der Waals surface area (Å²) in [4.78, 5) is 40.0. The first-order chi connectivity index (χ1) is 12.0. The second-order valence-electron chi connectivity index (χ2n) is 5.81. The second-order valence-corrected chi connectivity index (χ2v) is 6.75. The number of nitrogens with zero attached hydrogens (tertiary/aromatic N) is 2. The molecule has 6 nitrogen and oxygen atoms in total. The van der Waals surface area contributed by atoms with Crippen molar-refractivity contribution in [3.8, 4) is 0 Å². The molecule has 0 unspecified atom stereocenters. The van der Waals surface area contributed by atoms with Crippen molar-refractivity contribution in [2.75, 3.05) is 31.5 Å². The zero-order valence-corrected chi connectivity index (χ0v) is 14.7. The van der Waals surface area contributed by atoms with Crippen LogP contribution in [0.5, 0.6) is 0 Å². The van der Waals surface area contributed by atoms with E-state index >= 15 is 0 Å². The van der Waals surface area contributed by atoms with Crippen molar-refractivity contribution in [1.29, 1.82) is 0 Å². The van der Waals surface area contributed by atoms with Gasteiger partial charge in [-0.1, -0.05) is 6.07 Å². The molecule has 7 heteroatoms. The summed E-state index contributed by atoms with van der Waals surface area (Å²) in [6, 6.07) is 10.5. The maximum absolute atomic E-state index is 12.5. The summed E-state index contributed by atoms with van der Waals surface area (Å²) in [5.74, 6) is -0.174. The highest BCUT2D eigenvalue weighted by atomic mass is 32.1. The Morgan fingerprint density at radius 1 is 0.960 bits per heavy atom. The van der Waals surface area contributed by atoms with Crippen molar-refractivity contribution < 1.29 is 14.4 Å². The molecule has 1 N–H and O–H groups in total. The third-order valence-corrected chi connectivity index (χ3v) is 5.02. The number of carbonyl (C=O) groups excluding carboxylic acids is 3. The Balaban J connectivity index is 1.59. The van der Waals surface area contributed by atoms with Crippen molar-refractivity contribution in [1.82, 2.24) is 9.80 Å². The highest BCUT2D eigenvalue weighted by molar-refractivity contribution is 7.12. The van der Waals surface area contributed by atoms with Gasteiger partial charge in [-0.05, 0) is 35.7 Å². The Hall–Kier alpha value is -2.67. The highest BCUT2D eigenvalue weighted by Gasteiger charge is 2.23. The predicted octanol–water partition coefficient (Wildman–Crippen LogP) is 2.30. The predicted molar refractivity (Wildman–Crippen MR) is 96.9 cm³/mol. The van der Waals surface area contributed by atoms with E-state index in [1.165, 1.54) is 11.3 Å². The van der Waals surface area contributed by atoms with Crippen LogP contribution in [0.15, 0.2) is 41.8 Å². The molecule has 130 valence electrons. The van der Waals surface area contributed by atoms with Crippen molar-refractivity contribution in [2.24, 2.45) is 0 Å².